The predicted molar refractivity (Wildman–Crippen MR) is 148 cm³/mol. The van der Waals surface area contributed by atoms with Gasteiger partial charge in [-0.3, -0.25) is 9.59 Å². The van der Waals surface area contributed by atoms with Gasteiger partial charge in [0.25, 0.3) is 0 Å². The number of fused-ring (bicyclic) bond motifs is 7. The zero-order valence-electron chi connectivity index (χ0n) is 25.4. The van der Waals surface area contributed by atoms with Crippen LogP contribution in [-0.2, 0) is 19.1 Å². The average molecular weight is 529 g/mol. The number of rotatable bonds is 3. The van der Waals surface area contributed by atoms with E-state index in [9.17, 15) is 14.7 Å². The molecule has 0 aromatic rings. The summed E-state index contributed by atoms with van der Waals surface area (Å²) in [4.78, 5) is 25.0. The normalized spacial score (nSPS) is 53.9. The summed E-state index contributed by atoms with van der Waals surface area (Å²) >= 11 is 0. The average Bonchev–Trinajstić information content (AvgIpc) is 2.84. The van der Waals surface area contributed by atoms with Crippen LogP contribution in [0.2, 0.25) is 0 Å². The lowest BCUT2D eigenvalue weighted by Crippen LogP contribution is -2.69. The van der Waals surface area contributed by atoms with Crippen LogP contribution in [0, 0.1) is 56.7 Å². The van der Waals surface area contributed by atoms with Crippen LogP contribution in [0.1, 0.15) is 107 Å². The Kier molecular flexibility index (Phi) is 6.54. The molecule has 0 radical (unpaired) electrons. The second kappa shape index (κ2) is 8.82. The maximum atomic E-state index is 13.0. The molecule has 5 aliphatic carbocycles. The highest BCUT2D eigenvalue weighted by molar-refractivity contribution is 5.77. The van der Waals surface area contributed by atoms with E-state index < -0.39 is 17.5 Å². The summed E-state index contributed by atoms with van der Waals surface area (Å²) in [7, 11) is 1.85. The van der Waals surface area contributed by atoms with E-state index in [0.717, 1.165) is 25.2 Å². The second-order valence-electron chi connectivity index (χ2n) is 15.4. The molecule has 5 nitrogen and oxygen atoms in total. The van der Waals surface area contributed by atoms with Gasteiger partial charge in [0.2, 0.25) is 0 Å². The molecule has 0 saturated heterocycles. The number of hydrogen-bond acceptors (Lipinski definition) is 4. The van der Waals surface area contributed by atoms with Crippen molar-refractivity contribution < 1.29 is 24.2 Å². The molecule has 214 valence electrons. The lowest BCUT2D eigenvalue weighted by molar-refractivity contribution is -0.239. The second-order valence-corrected chi connectivity index (χ2v) is 15.4. The topological polar surface area (TPSA) is 72.8 Å². The molecule has 5 heteroatoms. The number of aliphatic carboxylic acids is 1. The van der Waals surface area contributed by atoms with Crippen LogP contribution in [0.25, 0.3) is 0 Å². The minimum absolute atomic E-state index is 0.0123. The summed E-state index contributed by atoms with van der Waals surface area (Å²) in [5.41, 5.74) is 0.744. The monoisotopic (exact) mass is 528 g/mol. The smallest absolute Gasteiger partial charge is 0.313 e. The Balaban J connectivity index is 1.64. The van der Waals surface area contributed by atoms with Crippen LogP contribution in [-0.4, -0.2) is 36.4 Å². The molecule has 4 saturated carbocycles. The van der Waals surface area contributed by atoms with Gasteiger partial charge >= 0.3 is 11.9 Å². The van der Waals surface area contributed by atoms with Crippen LogP contribution < -0.4 is 0 Å². The van der Waals surface area contributed by atoms with Crippen molar-refractivity contribution in [2.45, 2.75) is 119 Å². The summed E-state index contributed by atoms with van der Waals surface area (Å²) in [6, 6.07) is 0. The SMILES string of the molecule is CO[C@@H]1C=C2[C@@H]3[C@H](C)[C@H](C)CC[C@]3(C)CC[C@]2(C)[C@]2(C)CC[C@@H]3[C@](C)(CC[C@H](OC(C)=O)[C@@]3(C)C(=O)O)[C@H]12. The van der Waals surface area contributed by atoms with E-state index in [0.29, 0.717) is 23.7 Å². The third-order valence-electron chi connectivity index (χ3n) is 14.0. The first-order valence-electron chi connectivity index (χ1n) is 15.3. The van der Waals surface area contributed by atoms with Crippen molar-refractivity contribution in [3.05, 3.63) is 11.6 Å². The highest BCUT2D eigenvalue weighted by Crippen LogP contribution is 2.76. The molecule has 38 heavy (non-hydrogen) atoms. The van der Waals surface area contributed by atoms with Gasteiger partial charge in [0.1, 0.15) is 11.5 Å². The van der Waals surface area contributed by atoms with Crippen molar-refractivity contribution in [2.75, 3.05) is 7.11 Å². The van der Waals surface area contributed by atoms with E-state index in [1.54, 1.807) is 5.57 Å². The predicted octanol–water partition coefficient (Wildman–Crippen LogP) is 7.29. The van der Waals surface area contributed by atoms with Crippen molar-refractivity contribution in [3.8, 4) is 0 Å². The maximum absolute atomic E-state index is 13.0. The molecule has 0 amide bonds. The van der Waals surface area contributed by atoms with Crippen LogP contribution >= 0.6 is 0 Å². The van der Waals surface area contributed by atoms with Crippen molar-refractivity contribution in [2.24, 2.45) is 56.7 Å². The minimum atomic E-state index is -1.11. The van der Waals surface area contributed by atoms with Crippen LogP contribution in [0.3, 0.4) is 0 Å². The van der Waals surface area contributed by atoms with Gasteiger partial charge in [0.05, 0.1) is 6.10 Å². The number of esters is 1. The number of methoxy groups -OCH3 is 1. The maximum Gasteiger partial charge on any atom is 0.313 e. The molecule has 0 unspecified atom stereocenters. The Morgan fingerprint density at radius 2 is 1.63 bits per heavy atom. The summed E-state index contributed by atoms with van der Waals surface area (Å²) in [6.45, 7) is 18.1. The summed E-state index contributed by atoms with van der Waals surface area (Å²) in [5, 5.41) is 10.6. The minimum Gasteiger partial charge on any atom is -0.481 e. The van der Waals surface area contributed by atoms with Gasteiger partial charge in [-0.15, -0.1) is 0 Å². The Hall–Kier alpha value is -1.36. The zero-order valence-corrected chi connectivity index (χ0v) is 25.4. The number of hydrogen-bond donors (Lipinski definition) is 1. The molecule has 5 rings (SSSR count). The molecule has 0 aromatic heterocycles. The van der Waals surface area contributed by atoms with Crippen LogP contribution in [0.15, 0.2) is 11.6 Å². The fraction of sp³-hybridized carbons (Fsp3) is 0.879. The Bertz CT molecular complexity index is 1030. The van der Waals surface area contributed by atoms with Gasteiger partial charge in [0, 0.05) is 20.0 Å². The molecular formula is C33H52O5. The lowest BCUT2D eigenvalue weighted by atomic mass is 9.33. The highest BCUT2D eigenvalue weighted by Gasteiger charge is 2.72. The van der Waals surface area contributed by atoms with E-state index in [1.807, 2.05) is 14.0 Å². The zero-order chi connectivity index (χ0) is 28.1. The van der Waals surface area contributed by atoms with Crippen molar-refractivity contribution >= 4 is 11.9 Å². The molecule has 4 fully saturated rings. The van der Waals surface area contributed by atoms with E-state index in [-0.39, 0.29) is 40.2 Å². The van der Waals surface area contributed by atoms with E-state index in [1.165, 1.54) is 32.6 Å². The number of carbonyl (C=O) groups excluding carboxylic acids is 1. The van der Waals surface area contributed by atoms with Crippen LogP contribution in [0.4, 0.5) is 0 Å². The summed E-state index contributed by atoms with van der Waals surface area (Å²) < 4.78 is 12.1. The third kappa shape index (κ3) is 3.45. The third-order valence-corrected chi connectivity index (χ3v) is 14.0. The molecule has 12 atom stereocenters. The number of carboxylic acid groups (broad SMARTS) is 1. The van der Waals surface area contributed by atoms with Gasteiger partial charge < -0.3 is 14.6 Å². The van der Waals surface area contributed by atoms with Crippen molar-refractivity contribution in [3.63, 3.8) is 0 Å². The first-order chi connectivity index (χ1) is 17.6. The van der Waals surface area contributed by atoms with Crippen molar-refractivity contribution in [1.29, 1.82) is 0 Å². The standard InChI is InChI=1S/C33H52O5/c1-19-10-13-29(4)16-17-31(6)22(26(29)20(19)2)18-23(37-9)27-30(5)14-12-25(38-21(3)34)33(8,28(35)36)24(30)11-15-32(27,31)7/h18-20,23-27H,10-17H2,1-9H3,(H,35,36)/t19-,20-,23-,24-,25+,26+,27+,29-,30+,31+,32-,33+/m1/s1. The molecule has 5 aliphatic rings. The molecular weight excluding hydrogens is 476 g/mol. The van der Waals surface area contributed by atoms with E-state index in [4.69, 9.17) is 9.47 Å². The number of allylic oxidation sites excluding steroid dienone is 1. The Labute approximate surface area is 230 Å². The summed E-state index contributed by atoms with van der Waals surface area (Å²) in [5.74, 6) is 0.860. The summed E-state index contributed by atoms with van der Waals surface area (Å²) in [6.07, 6.45) is 10.3. The highest BCUT2D eigenvalue weighted by atomic mass is 16.5. The Morgan fingerprint density at radius 1 is 0.947 bits per heavy atom. The molecule has 1 N–H and O–H groups in total. The number of ether oxygens (including phenoxy) is 2. The number of carboxylic acids is 1. The molecule has 0 bridgehead atoms. The first kappa shape index (κ1) is 28.2. The van der Waals surface area contributed by atoms with Crippen molar-refractivity contribution in [1.82, 2.24) is 0 Å². The molecule has 0 heterocycles. The largest absolute Gasteiger partial charge is 0.481 e. The first-order valence-corrected chi connectivity index (χ1v) is 15.3. The fourth-order valence-electron chi connectivity index (χ4n) is 11.5. The molecule has 0 aliphatic heterocycles. The molecule has 0 aromatic carbocycles. The van der Waals surface area contributed by atoms with E-state index >= 15 is 0 Å². The van der Waals surface area contributed by atoms with Gasteiger partial charge in [0.15, 0.2) is 0 Å². The van der Waals surface area contributed by atoms with Gasteiger partial charge in [-0.1, -0.05) is 53.2 Å². The quantitative estimate of drug-likeness (QED) is 0.308. The van der Waals surface area contributed by atoms with Gasteiger partial charge in [-0.25, -0.2) is 0 Å². The van der Waals surface area contributed by atoms with Crippen LogP contribution in [0.5, 0.6) is 0 Å². The van der Waals surface area contributed by atoms with E-state index in [2.05, 4.69) is 47.6 Å². The molecule has 0 spiro atoms. The lowest BCUT2D eigenvalue weighted by Gasteiger charge is -2.72. The number of carbonyl (C=O) groups is 2. The van der Waals surface area contributed by atoms with Gasteiger partial charge in [-0.2, -0.15) is 0 Å². The fourth-order valence-corrected chi connectivity index (χ4v) is 11.5. The Morgan fingerprint density at radius 3 is 2.24 bits per heavy atom. The van der Waals surface area contributed by atoms with Gasteiger partial charge in [-0.05, 0) is 104 Å².